The Bertz CT molecular complexity index is 2870. The van der Waals surface area contributed by atoms with Crippen LogP contribution >= 0.6 is 0 Å². The number of nitrogens with zero attached hydrogens (tertiary/aromatic N) is 3. The second-order valence-electron chi connectivity index (χ2n) is 14.9. The Morgan fingerprint density at radius 1 is 0.491 bits per heavy atom. The lowest BCUT2D eigenvalue weighted by molar-refractivity contribution is 0.661. The number of aromatic nitrogens is 3. The minimum Gasteiger partial charge on any atom is -0.293 e. The molecule has 2 aromatic heterocycles. The maximum Gasteiger partial charge on any atom is 0.203 e. The Labute approximate surface area is 309 Å². The van der Waals surface area contributed by atoms with Crippen molar-refractivity contribution in [2.45, 2.75) is 19.3 Å². The van der Waals surface area contributed by atoms with E-state index in [-0.39, 0.29) is 5.41 Å². The van der Waals surface area contributed by atoms with Crippen molar-refractivity contribution in [1.29, 1.82) is 0 Å². The van der Waals surface area contributed by atoms with Crippen LogP contribution in [0.4, 0.5) is 0 Å². The maximum atomic E-state index is 5.72. The first-order valence-corrected chi connectivity index (χ1v) is 20.4. The second kappa shape index (κ2) is 11.1. The molecule has 0 atom stereocenters. The van der Waals surface area contributed by atoms with E-state index in [9.17, 15) is 0 Å². The molecule has 0 N–H and O–H groups in total. The Morgan fingerprint density at radius 3 is 1.83 bits per heavy atom. The predicted octanol–water partition coefficient (Wildman–Crippen LogP) is 8.90. The minimum absolute atomic E-state index is 0.102. The molecule has 0 radical (unpaired) electrons. The second-order valence-corrected chi connectivity index (χ2v) is 18.6. The quantitative estimate of drug-likeness (QED) is 0.173. The van der Waals surface area contributed by atoms with Crippen LogP contribution in [-0.2, 0) is 5.41 Å². The molecule has 0 saturated heterocycles. The Kier molecular flexibility index (Phi) is 6.32. The van der Waals surface area contributed by atoms with Crippen molar-refractivity contribution in [1.82, 2.24) is 14.5 Å². The third kappa shape index (κ3) is 4.04. The summed E-state index contributed by atoms with van der Waals surface area (Å²) < 4.78 is 2.45. The van der Waals surface area contributed by atoms with Gasteiger partial charge in [-0.15, -0.1) is 0 Å². The van der Waals surface area contributed by atoms with Crippen LogP contribution < -0.4 is 20.9 Å². The fraction of sp³-hybridized carbons (Fsp3) is 0.0612. The van der Waals surface area contributed by atoms with Crippen LogP contribution in [0.5, 0.6) is 0 Å². The molecule has 4 heteroatoms. The molecule has 3 heterocycles. The molecule has 1 aliphatic heterocycles. The van der Waals surface area contributed by atoms with Gasteiger partial charge in [-0.2, -0.15) is 0 Å². The van der Waals surface area contributed by atoms with Crippen LogP contribution in [0.1, 0.15) is 25.0 Å². The van der Waals surface area contributed by atoms with E-state index in [1.807, 2.05) is 0 Å². The fourth-order valence-corrected chi connectivity index (χ4v) is 14.5. The largest absolute Gasteiger partial charge is 0.293 e. The van der Waals surface area contributed by atoms with Crippen molar-refractivity contribution in [2.75, 3.05) is 0 Å². The zero-order valence-corrected chi connectivity index (χ0v) is 30.6. The summed E-state index contributed by atoms with van der Waals surface area (Å²) >= 11 is 0. The highest BCUT2D eigenvalue weighted by atomic mass is 28.3. The highest BCUT2D eigenvalue weighted by Crippen LogP contribution is 2.51. The first kappa shape index (κ1) is 30.3. The third-order valence-corrected chi connectivity index (χ3v) is 16.6. The number of para-hydroxylation sites is 1. The molecule has 0 bridgehead atoms. The summed E-state index contributed by atoms with van der Waals surface area (Å²) in [5.41, 5.74) is 10.9. The summed E-state index contributed by atoms with van der Waals surface area (Å²) in [5, 5.41) is 7.60. The molecule has 2 aliphatic rings. The third-order valence-electron chi connectivity index (χ3n) is 11.9. The van der Waals surface area contributed by atoms with Crippen molar-refractivity contribution in [3.05, 3.63) is 187 Å². The van der Waals surface area contributed by atoms with Crippen molar-refractivity contribution in [2.24, 2.45) is 0 Å². The molecule has 7 aromatic carbocycles. The topological polar surface area (TPSA) is 30.7 Å². The van der Waals surface area contributed by atoms with Gasteiger partial charge in [-0.05, 0) is 61.6 Å². The molecule has 11 rings (SSSR count). The molecule has 250 valence electrons. The van der Waals surface area contributed by atoms with Crippen LogP contribution in [0.3, 0.4) is 0 Å². The van der Waals surface area contributed by atoms with Gasteiger partial charge in [-0.3, -0.25) is 4.57 Å². The molecule has 0 fully saturated rings. The number of hydrogen-bond acceptors (Lipinski definition) is 2. The summed E-state index contributed by atoms with van der Waals surface area (Å²) in [5.74, 6) is 1.67. The number of hydrogen-bond donors (Lipinski definition) is 0. The molecule has 3 nitrogen and oxygen atoms in total. The van der Waals surface area contributed by atoms with Gasteiger partial charge in [0.05, 0.1) is 16.4 Å². The maximum absolute atomic E-state index is 5.72. The smallest absolute Gasteiger partial charge is 0.203 e. The number of fused-ring (bicyclic) bond motifs is 9. The standard InChI is InChI=1S/C49H35N3Si/c1-49(2)40-27-15-12-24-35(40)38-31-43-39(30-41(38)49)36-25-13-16-28-42(36)52(43)47-45-37-26-14-17-29-44(37)53(33-20-8-4-9-21-33,34-22-10-5-11-23-34)48(45)51-46(50-47)32-18-6-3-7-19-32/h3-31H,1-2H3. The highest BCUT2D eigenvalue weighted by molar-refractivity contribution is 7.21. The SMILES string of the molecule is CC1(C)c2ccccc2-c2cc3c(cc21)c1ccccc1n3-c1nc(-c2ccccc2)nc2c1-c1ccccc1[Si]2(c1ccccc1)c1ccccc1. The molecule has 0 unspecified atom stereocenters. The Hall–Kier alpha value is -6.36. The summed E-state index contributed by atoms with van der Waals surface area (Å²) in [6, 6.07) is 64.5. The molecule has 0 spiro atoms. The fourth-order valence-electron chi connectivity index (χ4n) is 9.52. The Morgan fingerprint density at radius 2 is 1.09 bits per heavy atom. The van der Waals surface area contributed by atoms with E-state index in [4.69, 9.17) is 9.97 Å². The van der Waals surface area contributed by atoms with E-state index in [0.717, 1.165) is 39.1 Å². The van der Waals surface area contributed by atoms with Crippen molar-refractivity contribution in [3.63, 3.8) is 0 Å². The van der Waals surface area contributed by atoms with E-state index < -0.39 is 8.07 Å². The first-order valence-electron chi connectivity index (χ1n) is 18.4. The van der Waals surface area contributed by atoms with Crippen LogP contribution in [0, 0.1) is 0 Å². The summed E-state index contributed by atoms with van der Waals surface area (Å²) in [7, 11) is -2.92. The average molecular weight is 694 g/mol. The zero-order chi connectivity index (χ0) is 35.3. The molecular weight excluding hydrogens is 659 g/mol. The van der Waals surface area contributed by atoms with Gasteiger partial charge in [0.2, 0.25) is 8.07 Å². The average Bonchev–Trinajstić information content (AvgIpc) is 3.79. The van der Waals surface area contributed by atoms with Crippen molar-refractivity contribution in [3.8, 4) is 39.5 Å². The summed E-state index contributed by atoms with van der Waals surface area (Å²) in [6.07, 6.45) is 0. The van der Waals surface area contributed by atoms with Gasteiger partial charge in [0.25, 0.3) is 0 Å². The normalized spacial score (nSPS) is 14.5. The molecule has 0 saturated carbocycles. The molecule has 0 amide bonds. The van der Waals surface area contributed by atoms with Crippen LogP contribution in [0.2, 0.25) is 0 Å². The van der Waals surface area contributed by atoms with Crippen molar-refractivity contribution < 1.29 is 0 Å². The van der Waals surface area contributed by atoms with Crippen LogP contribution in [0.15, 0.2) is 176 Å². The van der Waals surface area contributed by atoms with Gasteiger partial charge < -0.3 is 0 Å². The minimum atomic E-state index is -2.92. The number of benzene rings is 7. The van der Waals surface area contributed by atoms with E-state index in [1.165, 1.54) is 54.1 Å². The lowest BCUT2D eigenvalue weighted by Crippen LogP contribution is -2.73. The lowest BCUT2D eigenvalue weighted by atomic mass is 9.82. The van der Waals surface area contributed by atoms with E-state index >= 15 is 0 Å². The molecular formula is C49H35N3Si. The Balaban J connectivity index is 1.33. The van der Waals surface area contributed by atoms with Gasteiger partial charge in [0.1, 0.15) is 5.82 Å². The molecule has 53 heavy (non-hydrogen) atoms. The van der Waals surface area contributed by atoms with Crippen LogP contribution in [0.25, 0.3) is 61.3 Å². The first-order chi connectivity index (χ1) is 26.1. The summed E-state index contributed by atoms with van der Waals surface area (Å²) in [4.78, 5) is 11.4. The summed E-state index contributed by atoms with van der Waals surface area (Å²) in [6.45, 7) is 4.72. The van der Waals surface area contributed by atoms with E-state index in [1.54, 1.807) is 0 Å². The highest BCUT2D eigenvalue weighted by Gasteiger charge is 2.52. The predicted molar refractivity (Wildman–Crippen MR) is 222 cm³/mol. The molecule has 1 aliphatic carbocycles. The van der Waals surface area contributed by atoms with E-state index in [0.29, 0.717) is 0 Å². The van der Waals surface area contributed by atoms with Gasteiger partial charge >= 0.3 is 0 Å². The van der Waals surface area contributed by atoms with Crippen LogP contribution in [-0.4, -0.2) is 22.6 Å². The lowest BCUT2D eigenvalue weighted by Gasteiger charge is -2.30. The van der Waals surface area contributed by atoms with Gasteiger partial charge in [-0.25, -0.2) is 9.97 Å². The van der Waals surface area contributed by atoms with Gasteiger partial charge in [0.15, 0.2) is 5.82 Å². The zero-order valence-electron chi connectivity index (χ0n) is 29.6. The van der Waals surface area contributed by atoms with Gasteiger partial charge in [-0.1, -0.05) is 172 Å². The number of rotatable bonds is 4. The van der Waals surface area contributed by atoms with Crippen molar-refractivity contribution >= 4 is 50.8 Å². The van der Waals surface area contributed by atoms with E-state index in [2.05, 4.69) is 194 Å². The monoisotopic (exact) mass is 693 g/mol. The van der Waals surface area contributed by atoms with Gasteiger partial charge in [0, 0.05) is 27.3 Å². The molecule has 9 aromatic rings.